The van der Waals surface area contributed by atoms with Gasteiger partial charge in [-0.1, -0.05) is 18.3 Å². The maximum absolute atomic E-state index is 13.6. The molecule has 0 fully saturated rings. The first-order valence-corrected chi connectivity index (χ1v) is 6.62. The van der Waals surface area contributed by atoms with Gasteiger partial charge in [0, 0.05) is 6.54 Å². The number of halogens is 3. The van der Waals surface area contributed by atoms with E-state index < -0.39 is 17.5 Å². The van der Waals surface area contributed by atoms with Gasteiger partial charge in [0.05, 0.1) is 5.56 Å². The van der Waals surface area contributed by atoms with E-state index >= 15 is 0 Å². The molecule has 3 nitrogen and oxygen atoms in total. The Balaban J connectivity index is 2.21. The van der Waals surface area contributed by atoms with Gasteiger partial charge < -0.3 is 5.32 Å². The van der Waals surface area contributed by atoms with Gasteiger partial charge in [0.25, 0.3) is 0 Å². The number of nitrogens with one attached hydrogen (secondary N) is 1. The minimum Gasteiger partial charge on any atom is -0.310 e. The van der Waals surface area contributed by atoms with Gasteiger partial charge in [0.15, 0.2) is 22.5 Å². The molecule has 102 valence electrons. The van der Waals surface area contributed by atoms with Crippen LogP contribution in [0.3, 0.4) is 0 Å². The Labute approximate surface area is 112 Å². The molecular weight excluding hydrogens is 275 g/mol. The van der Waals surface area contributed by atoms with Crippen molar-refractivity contribution in [3.05, 3.63) is 34.6 Å². The molecule has 0 amide bonds. The summed E-state index contributed by atoms with van der Waals surface area (Å²) in [5.74, 6) is -3.93. The average Bonchev–Trinajstić information content (AvgIpc) is 2.85. The summed E-state index contributed by atoms with van der Waals surface area (Å²) in [6, 6.07) is 2.04. The van der Waals surface area contributed by atoms with Crippen LogP contribution in [0.5, 0.6) is 0 Å². The van der Waals surface area contributed by atoms with Crippen molar-refractivity contribution in [1.29, 1.82) is 0 Å². The molecular formula is C12H12F3N3S. The molecule has 0 saturated heterocycles. The lowest BCUT2D eigenvalue weighted by Crippen LogP contribution is -2.13. The predicted molar refractivity (Wildman–Crippen MR) is 67.2 cm³/mol. The van der Waals surface area contributed by atoms with Crippen LogP contribution in [0.1, 0.15) is 18.4 Å². The summed E-state index contributed by atoms with van der Waals surface area (Å²) in [6.07, 6.45) is 0.990. The molecule has 0 aliphatic heterocycles. The predicted octanol–water partition coefficient (Wildman–Crippen LogP) is 3.12. The third-order valence-electron chi connectivity index (χ3n) is 2.44. The monoisotopic (exact) mass is 287 g/mol. The van der Waals surface area contributed by atoms with Gasteiger partial charge in [-0.05, 0) is 25.1 Å². The molecule has 2 aromatic rings. The quantitative estimate of drug-likeness (QED) is 0.678. The van der Waals surface area contributed by atoms with Gasteiger partial charge >= 0.3 is 0 Å². The first-order chi connectivity index (χ1) is 9.13. The van der Waals surface area contributed by atoms with Crippen molar-refractivity contribution in [2.45, 2.75) is 19.9 Å². The number of aromatic nitrogens is 2. The standard InChI is InChI=1S/C12H12F3N3S/c1-2-5-16-6-9-17-18-12(19-9)7-3-4-8(13)11(15)10(7)14/h3-4,16H,2,5-6H2,1H3. The van der Waals surface area contributed by atoms with Gasteiger partial charge in [0.2, 0.25) is 0 Å². The van der Waals surface area contributed by atoms with Crippen LogP contribution in [0, 0.1) is 17.5 Å². The van der Waals surface area contributed by atoms with Crippen LogP contribution in [-0.4, -0.2) is 16.7 Å². The number of benzene rings is 1. The summed E-state index contributed by atoms with van der Waals surface area (Å²) in [5.41, 5.74) is -0.0712. The lowest BCUT2D eigenvalue weighted by atomic mass is 10.2. The molecule has 0 saturated carbocycles. The lowest BCUT2D eigenvalue weighted by Gasteiger charge is -2.00. The Morgan fingerprint density at radius 1 is 1.16 bits per heavy atom. The second-order valence-electron chi connectivity index (χ2n) is 3.90. The number of nitrogens with zero attached hydrogens (tertiary/aromatic N) is 2. The van der Waals surface area contributed by atoms with Crippen LogP contribution in [-0.2, 0) is 6.54 Å². The molecule has 2 rings (SSSR count). The third kappa shape index (κ3) is 3.10. The van der Waals surface area contributed by atoms with Crippen molar-refractivity contribution < 1.29 is 13.2 Å². The summed E-state index contributed by atoms with van der Waals surface area (Å²) in [7, 11) is 0. The molecule has 1 heterocycles. The van der Waals surface area contributed by atoms with Crippen molar-refractivity contribution in [1.82, 2.24) is 15.5 Å². The Morgan fingerprint density at radius 2 is 1.95 bits per heavy atom. The molecule has 0 aliphatic rings. The Bertz CT molecular complexity index is 571. The highest BCUT2D eigenvalue weighted by molar-refractivity contribution is 7.14. The molecule has 19 heavy (non-hydrogen) atoms. The Morgan fingerprint density at radius 3 is 2.68 bits per heavy atom. The fourth-order valence-electron chi connectivity index (χ4n) is 1.50. The van der Waals surface area contributed by atoms with E-state index in [0.717, 1.165) is 36.4 Å². The van der Waals surface area contributed by atoms with E-state index in [1.165, 1.54) is 0 Å². The van der Waals surface area contributed by atoms with E-state index in [4.69, 9.17) is 0 Å². The van der Waals surface area contributed by atoms with Gasteiger partial charge in [0.1, 0.15) is 5.01 Å². The first kappa shape index (κ1) is 14.0. The van der Waals surface area contributed by atoms with Gasteiger partial charge in [-0.25, -0.2) is 13.2 Å². The molecule has 0 atom stereocenters. The highest BCUT2D eigenvalue weighted by Gasteiger charge is 2.17. The minimum atomic E-state index is -1.49. The van der Waals surface area contributed by atoms with Crippen molar-refractivity contribution in [2.24, 2.45) is 0 Å². The van der Waals surface area contributed by atoms with Gasteiger partial charge in [-0.3, -0.25) is 0 Å². The Hall–Kier alpha value is -1.47. The van der Waals surface area contributed by atoms with Crippen LogP contribution in [0.25, 0.3) is 10.6 Å². The van der Waals surface area contributed by atoms with Crippen molar-refractivity contribution >= 4 is 11.3 Å². The zero-order chi connectivity index (χ0) is 13.8. The maximum Gasteiger partial charge on any atom is 0.195 e. The maximum atomic E-state index is 13.6. The normalized spacial score (nSPS) is 10.9. The summed E-state index contributed by atoms with van der Waals surface area (Å²) < 4.78 is 39.5. The molecule has 0 radical (unpaired) electrons. The Kier molecular flexibility index (Phi) is 4.49. The van der Waals surface area contributed by atoms with Crippen LogP contribution < -0.4 is 5.32 Å². The second-order valence-corrected chi connectivity index (χ2v) is 4.96. The molecule has 0 bridgehead atoms. The van der Waals surface area contributed by atoms with Crippen molar-refractivity contribution in [2.75, 3.05) is 6.54 Å². The second kappa shape index (κ2) is 6.12. The molecule has 0 aliphatic carbocycles. The highest BCUT2D eigenvalue weighted by Crippen LogP contribution is 2.28. The van der Waals surface area contributed by atoms with Crippen molar-refractivity contribution in [3.8, 4) is 10.6 Å². The van der Waals surface area contributed by atoms with E-state index in [9.17, 15) is 13.2 Å². The highest BCUT2D eigenvalue weighted by atomic mass is 32.1. The smallest absolute Gasteiger partial charge is 0.195 e. The molecule has 7 heteroatoms. The first-order valence-electron chi connectivity index (χ1n) is 5.80. The van der Waals surface area contributed by atoms with E-state index in [1.807, 2.05) is 6.92 Å². The summed E-state index contributed by atoms with van der Waals surface area (Å²) in [4.78, 5) is 0. The minimum absolute atomic E-state index is 0.0712. The fourth-order valence-corrected chi connectivity index (χ4v) is 2.33. The van der Waals surface area contributed by atoms with Crippen LogP contribution in [0.2, 0.25) is 0 Å². The van der Waals surface area contributed by atoms with E-state index in [0.29, 0.717) is 11.6 Å². The molecule has 1 N–H and O–H groups in total. The van der Waals surface area contributed by atoms with Crippen LogP contribution in [0.15, 0.2) is 12.1 Å². The average molecular weight is 287 g/mol. The topological polar surface area (TPSA) is 37.8 Å². The zero-order valence-corrected chi connectivity index (χ0v) is 11.0. The van der Waals surface area contributed by atoms with Crippen LogP contribution in [0.4, 0.5) is 13.2 Å². The van der Waals surface area contributed by atoms with E-state index in [2.05, 4.69) is 15.5 Å². The summed E-state index contributed by atoms with van der Waals surface area (Å²) >= 11 is 1.15. The van der Waals surface area contributed by atoms with Crippen molar-refractivity contribution in [3.63, 3.8) is 0 Å². The van der Waals surface area contributed by atoms with Gasteiger partial charge in [-0.15, -0.1) is 10.2 Å². The molecule has 1 aromatic carbocycles. The lowest BCUT2D eigenvalue weighted by molar-refractivity contribution is 0.449. The largest absolute Gasteiger partial charge is 0.310 e. The van der Waals surface area contributed by atoms with Gasteiger partial charge in [-0.2, -0.15) is 0 Å². The summed E-state index contributed by atoms with van der Waals surface area (Å²) in [6.45, 7) is 3.40. The summed E-state index contributed by atoms with van der Waals surface area (Å²) in [5, 5.41) is 11.7. The number of hydrogen-bond acceptors (Lipinski definition) is 4. The van der Waals surface area contributed by atoms with E-state index in [-0.39, 0.29) is 10.6 Å². The molecule has 0 spiro atoms. The number of hydrogen-bond donors (Lipinski definition) is 1. The molecule has 1 aromatic heterocycles. The van der Waals surface area contributed by atoms with E-state index in [1.54, 1.807) is 0 Å². The van der Waals surface area contributed by atoms with Crippen LogP contribution >= 0.6 is 11.3 Å². The third-order valence-corrected chi connectivity index (χ3v) is 3.39. The number of rotatable bonds is 5. The fraction of sp³-hybridized carbons (Fsp3) is 0.333. The molecule has 0 unspecified atom stereocenters. The zero-order valence-electron chi connectivity index (χ0n) is 10.2. The SMILES string of the molecule is CCCNCc1nnc(-c2ccc(F)c(F)c2F)s1.